The van der Waals surface area contributed by atoms with Gasteiger partial charge in [-0.15, -0.1) is 0 Å². The zero-order chi connectivity index (χ0) is 16.4. The number of aliphatic hydroxyl groups excluding tert-OH is 1. The molecule has 2 amide bonds. The summed E-state index contributed by atoms with van der Waals surface area (Å²) < 4.78 is 10.9. The molecular weight excluding hydrogens is 290 g/mol. The van der Waals surface area contributed by atoms with Crippen LogP contribution in [0.25, 0.3) is 0 Å². The fourth-order valence-corrected chi connectivity index (χ4v) is 2.92. The number of carbonyl (C=O) groups excluding carboxylic acids is 2. The van der Waals surface area contributed by atoms with Crippen molar-refractivity contribution in [1.82, 2.24) is 4.90 Å². The number of hydrogen-bond acceptors (Lipinski definition) is 5. The van der Waals surface area contributed by atoms with E-state index < -0.39 is 32.5 Å². The van der Waals surface area contributed by atoms with Crippen molar-refractivity contribution in [3.63, 3.8) is 0 Å². The molecule has 0 aromatic rings. The Balaban J connectivity index is 2.79. The highest BCUT2D eigenvalue weighted by molar-refractivity contribution is 6.74. The van der Waals surface area contributed by atoms with Crippen LogP contribution in [0.2, 0.25) is 18.1 Å². The summed E-state index contributed by atoms with van der Waals surface area (Å²) in [5.74, 6) is -0.412. The average molecular weight is 317 g/mol. The van der Waals surface area contributed by atoms with Gasteiger partial charge in [0.05, 0.1) is 31.8 Å². The van der Waals surface area contributed by atoms with Crippen LogP contribution < -0.4 is 0 Å². The van der Waals surface area contributed by atoms with Gasteiger partial charge in [-0.25, -0.2) is 9.69 Å². The minimum atomic E-state index is -2.01. The Bertz CT molecular complexity index is 405. The number of nitrogens with zero attached hydrogens (tertiary/aromatic N) is 1. The smallest absolute Gasteiger partial charge is 0.416 e. The Morgan fingerprint density at radius 3 is 2.48 bits per heavy atom. The first-order valence-corrected chi connectivity index (χ1v) is 10.2. The lowest BCUT2D eigenvalue weighted by Crippen LogP contribution is -2.49. The lowest BCUT2D eigenvalue weighted by Gasteiger charge is -2.37. The highest BCUT2D eigenvalue weighted by atomic mass is 28.4. The van der Waals surface area contributed by atoms with Gasteiger partial charge < -0.3 is 14.3 Å². The standard InChI is InChI=1S/C14H27NO5Si/c1-7-19-13(18)15-10(11(16)8-12(15)17)9-20-21(5,6)14(2,3)4/h10-11,16H,7-9H2,1-6H3/t10-,11-/m0/s1. The van der Waals surface area contributed by atoms with Crippen molar-refractivity contribution in [2.75, 3.05) is 13.2 Å². The Morgan fingerprint density at radius 2 is 2.00 bits per heavy atom. The molecule has 0 radical (unpaired) electrons. The van der Waals surface area contributed by atoms with Crippen LogP contribution in [0.3, 0.4) is 0 Å². The fraction of sp³-hybridized carbons (Fsp3) is 0.857. The maximum Gasteiger partial charge on any atom is 0.416 e. The summed E-state index contributed by atoms with van der Waals surface area (Å²) in [7, 11) is -2.01. The van der Waals surface area contributed by atoms with Gasteiger partial charge in [0.2, 0.25) is 5.91 Å². The van der Waals surface area contributed by atoms with Gasteiger partial charge in [0.15, 0.2) is 8.32 Å². The minimum Gasteiger partial charge on any atom is -0.449 e. The fourth-order valence-electron chi connectivity index (χ4n) is 1.90. The molecule has 1 aliphatic rings. The Kier molecular flexibility index (Phi) is 5.57. The number of imide groups is 1. The highest BCUT2D eigenvalue weighted by Crippen LogP contribution is 2.37. The molecular formula is C14H27NO5Si. The molecule has 1 aliphatic heterocycles. The van der Waals surface area contributed by atoms with E-state index in [9.17, 15) is 14.7 Å². The quantitative estimate of drug-likeness (QED) is 0.804. The number of rotatable bonds is 4. The summed E-state index contributed by atoms with van der Waals surface area (Å²) in [5.41, 5.74) is 0. The van der Waals surface area contributed by atoms with E-state index in [2.05, 4.69) is 33.9 Å². The third-order valence-electron chi connectivity index (χ3n) is 4.31. The Labute approximate surface area is 127 Å². The average Bonchev–Trinajstić information content (AvgIpc) is 2.60. The SMILES string of the molecule is CCOC(=O)N1C(=O)C[C@H](O)[C@@H]1CO[Si](C)(C)C(C)(C)C. The van der Waals surface area contributed by atoms with Crippen molar-refractivity contribution < 1.29 is 23.9 Å². The van der Waals surface area contributed by atoms with Gasteiger partial charge >= 0.3 is 6.09 Å². The molecule has 1 fully saturated rings. The number of hydrogen-bond donors (Lipinski definition) is 1. The number of ether oxygens (including phenoxy) is 1. The number of amides is 2. The van der Waals surface area contributed by atoms with Crippen molar-refractivity contribution in [3.05, 3.63) is 0 Å². The number of aliphatic hydroxyl groups is 1. The normalized spacial score (nSPS) is 23.6. The van der Waals surface area contributed by atoms with Crippen LogP contribution in [0.1, 0.15) is 34.1 Å². The molecule has 0 unspecified atom stereocenters. The monoisotopic (exact) mass is 317 g/mol. The predicted molar refractivity (Wildman–Crippen MR) is 81.4 cm³/mol. The van der Waals surface area contributed by atoms with Gasteiger partial charge in [0.1, 0.15) is 0 Å². The lowest BCUT2D eigenvalue weighted by molar-refractivity contribution is -0.127. The van der Waals surface area contributed by atoms with Gasteiger partial charge in [-0.2, -0.15) is 0 Å². The van der Waals surface area contributed by atoms with Crippen molar-refractivity contribution in [2.24, 2.45) is 0 Å². The van der Waals surface area contributed by atoms with E-state index in [1.807, 2.05) is 0 Å². The maximum absolute atomic E-state index is 11.9. The molecule has 7 heteroatoms. The number of likely N-dealkylation sites (tertiary alicyclic amines) is 1. The molecule has 1 heterocycles. The maximum atomic E-state index is 11.9. The van der Waals surface area contributed by atoms with E-state index in [-0.39, 0.29) is 24.7 Å². The molecule has 2 atom stereocenters. The molecule has 6 nitrogen and oxygen atoms in total. The molecule has 0 spiro atoms. The van der Waals surface area contributed by atoms with E-state index >= 15 is 0 Å². The van der Waals surface area contributed by atoms with Gasteiger partial charge in [0, 0.05) is 0 Å². The van der Waals surface area contributed by atoms with E-state index in [1.54, 1.807) is 6.92 Å². The van der Waals surface area contributed by atoms with Crippen LogP contribution in [-0.2, 0) is 14.0 Å². The molecule has 122 valence electrons. The second-order valence-electron chi connectivity index (χ2n) is 6.87. The van der Waals surface area contributed by atoms with Crippen LogP contribution in [0.4, 0.5) is 4.79 Å². The molecule has 0 aliphatic carbocycles. The highest BCUT2D eigenvalue weighted by Gasteiger charge is 2.45. The first-order chi connectivity index (χ1) is 9.51. The zero-order valence-corrected chi connectivity index (χ0v) is 14.8. The summed E-state index contributed by atoms with van der Waals surface area (Å²) in [6.45, 7) is 12.5. The summed E-state index contributed by atoms with van der Waals surface area (Å²) in [6.07, 6.45) is -1.67. The molecule has 0 aromatic heterocycles. The largest absolute Gasteiger partial charge is 0.449 e. The van der Waals surface area contributed by atoms with Crippen LogP contribution in [0.15, 0.2) is 0 Å². The van der Waals surface area contributed by atoms with E-state index in [0.717, 1.165) is 4.90 Å². The Morgan fingerprint density at radius 1 is 1.43 bits per heavy atom. The van der Waals surface area contributed by atoms with Crippen LogP contribution >= 0.6 is 0 Å². The van der Waals surface area contributed by atoms with Crippen LogP contribution in [0.5, 0.6) is 0 Å². The lowest BCUT2D eigenvalue weighted by atomic mass is 10.2. The Hall–Kier alpha value is -0.923. The van der Waals surface area contributed by atoms with Gasteiger partial charge in [-0.3, -0.25) is 4.79 Å². The van der Waals surface area contributed by atoms with E-state index in [1.165, 1.54) is 0 Å². The van der Waals surface area contributed by atoms with Crippen molar-refractivity contribution in [1.29, 1.82) is 0 Å². The molecule has 1 rings (SSSR count). The van der Waals surface area contributed by atoms with Gasteiger partial charge in [-0.1, -0.05) is 20.8 Å². The summed E-state index contributed by atoms with van der Waals surface area (Å²) >= 11 is 0. The first-order valence-electron chi connectivity index (χ1n) is 7.32. The third-order valence-corrected chi connectivity index (χ3v) is 8.81. The zero-order valence-electron chi connectivity index (χ0n) is 13.8. The summed E-state index contributed by atoms with van der Waals surface area (Å²) in [4.78, 5) is 24.7. The van der Waals surface area contributed by atoms with Crippen molar-refractivity contribution in [3.8, 4) is 0 Å². The first kappa shape index (κ1) is 18.1. The van der Waals surface area contributed by atoms with Crippen LogP contribution in [-0.4, -0.2) is 55.7 Å². The van der Waals surface area contributed by atoms with Crippen LogP contribution in [0, 0.1) is 0 Å². The summed E-state index contributed by atoms with van der Waals surface area (Å²) in [6, 6.07) is -0.661. The number of carbonyl (C=O) groups is 2. The second-order valence-corrected chi connectivity index (χ2v) is 11.7. The van der Waals surface area contributed by atoms with Gasteiger partial charge in [0.25, 0.3) is 0 Å². The molecule has 0 aromatic carbocycles. The topological polar surface area (TPSA) is 76.1 Å². The molecule has 21 heavy (non-hydrogen) atoms. The minimum absolute atomic E-state index is 0.0231. The molecule has 0 saturated carbocycles. The van der Waals surface area contributed by atoms with E-state index in [4.69, 9.17) is 9.16 Å². The molecule has 0 bridgehead atoms. The van der Waals surface area contributed by atoms with Gasteiger partial charge in [-0.05, 0) is 25.1 Å². The molecule has 1 saturated heterocycles. The predicted octanol–water partition coefficient (Wildman–Crippen LogP) is 2.13. The third kappa shape index (κ3) is 4.05. The van der Waals surface area contributed by atoms with E-state index in [0.29, 0.717) is 0 Å². The van der Waals surface area contributed by atoms with Crippen molar-refractivity contribution in [2.45, 2.75) is 64.4 Å². The molecule has 1 N–H and O–H groups in total. The van der Waals surface area contributed by atoms with Crippen molar-refractivity contribution >= 4 is 20.3 Å². The summed E-state index contributed by atoms with van der Waals surface area (Å²) in [5, 5.41) is 10.0. The second kappa shape index (κ2) is 6.45.